The molecule has 1 aliphatic carbocycles. The van der Waals surface area contributed by atoms with Crippen LogP contribution < -0.4 is 20.7 Å². The smallest absolute Gasteiger partial charge is 0.195 e. The number of rotatable bonds is 6. The lowest BCUT2D eigenvalue weighted by Crippen LogP contribution is -2.75. The molecule has 11 rings (SSSR count). The van der Waals surface area contributed by atoms with Gasteiger partial charge >= 0.3 is 0 Å². The molecule has 0 unspecified atom stereocenters. The zero-order valence-electron chi connectivity index (χ0n) is 36.1. The van der Waals surface area contributed by atoms with Crippen molar-refractivity contribution in [2.24, 2.45) is 0 Å². The van der Waals surface area contributed by atoms with Crippen molar-refractivity contribution in [3.8, 4) is 11.1 Å². The number of nitrogens with zero attached hydrogens (tertiary/aromatic N) is 2. The molecule has 278 valence electrons. The maximum atomic E-state index is 10.1. The summed E-state index contributed by atoms with van der Waals surface area (Å²) in [6, 6.07) is 56.6. The Hall–Kier alpha value is -5.20. The Morgan fingerprint density at radius 2 is 1.40 bits per heavy atom. The van der Waals surface area contributed by atoms with Crippen LogP contribution in [-0.2, 0) is 5.41 Å². The summed E-state index contributed by atoms with van der Waals surface area (Å²) in [5.41, 5.74) is 7.59. The fourth-order valence-electron chi connectivity index (χ4n) is 9.99. The summed E-state index contributed by atoms with van der Waals surface area (Å²) in [4.78, 5) is 8.72. The van der Waals surface area contributed by atoms with Crippen molar-refractivity contribution in [3.63, 3.8) is 0 Å². The lowest BCUT2D eigenvalue weighted by atomic mass is 9.78. The Kier molecular flexibility index (Phi) is 7.28. The van der Waals surface area contributed by atoms with Crippen molar-refractivity contribution >= 4 is 78.1 Å². The summed E-state index contributed by atoms with van der Waals surface area (Å²) in [6.07, 6.45) is 3.37. The van der Waals surface area contributed by atoms with Gasteiger partial charge in [0, 0.05) is 26.3 Å². The van der Waals surface area contributed by atoms with Crippen LogP contribution in [0.25, 0.3) is 37.3 Å². The van der Waals surface area contributed by atoms with Gasteiger partial charge in [0.2, 0.25) is 0 Å². The van der Waals surface area contributed by atoms with Crippen LogP contribution in [0.2, 0.25) is 0 Å². The quantitative estimate of drug-likeness (QED) is 0.123. The van der Waals surface area contributed by atoms with Crippen LogP contribution >= 0.6 is 23.1 Å². The summed E-state index contributed by atoms with van der Waals surface area (Å²) in [7, 11) is -3.25. The van der Waals surface area contributed by atoms with E-state index in [4.69, 9.17) is 9.10 Å². The largest absolute Gasteiger partial charge is 0.283 e. The topological polar surface area (TPSA) is 17.3 Å². The summed E-state index contributed by atoms with van der Waals surface area (Å²) in [6.45, 7) is 2.27. The molecule has 57 heavy (non-hydrogen) atoms. The van der Waals surface area contributed by atoms with Crippen LogP contribution in [0.1, 0.15) is 73.2 Å². The lowest BCUT2D eigenvalue weighted by Gasteiger charge is -2.41. The first kappa shape index (κ1) is 30.9. The standard InChI is InChI=1S/C52H44N2S2Si/c1-34-29-32-44-49(53-51-54(44)43-25-13-15-27-46(43)56-51)48(34)40-33-38(30-31-39(40)35-17-10-11-18-35)57(36-19-6-4-7-20-36,37-21-8-5-9-22-37)47-28-16-24-42-50(47)55-45-26-14-12-23-41(45)52(42,2)3/h4-9,12-16,19-33,35H,10-11,17-18H2,1-3H3/i1D3,35D. The predicted octanol–water partition coefficient (Wildman–Crippen LogP) is 11.5. The number of hydrogen-bond donors (Lipinski definition) is 0. The second kappa shape index (κ2) is 13.4. The van der Waals surface area contributed by atoms with Gasteiger partial charge in [0.1, 0.15) is 0 Å². The van der Waals surface area contributed by atoms with Gasteiger partial charge < -0.3 is 0 Å². The molecule has 0 N–H and O–H groups in total. The first-order valence-corrected chi connectivity index (χ1v) is 23.6. The third-order valence-electron chi connectivity index (χ3n) is 12.7. The first-order chi connectivity index (χ1) is 29.5. The number of hydrogen-bond acceptors (Lipinski definition) is 3. The van der Waals surface area contributed by atoms with E-state index in [9.17, 15) is 1.37 Å². The number of para-hydroxylation sites is 1. The van der Waals surface area contributed by atoms with E-state index in [0.717, 1.165) is 62.7 Å². The molecule has 3 heterocycles. The van der Waals surface area contributed by atoms with Crippen molar-refractivity contribution in [2.75, 3.05) is 0 Å². The average molecular weight is 793 g/mol. The van der Waals surface area contributed by atoms with Gasteiger partial charge in [-0.15, -0.1) is 0 Å². The van der Waals surface area contributed by atoms with Crippen molar-refractivity contribution in [1.29, 1.82) is 0 Å². The van der Waals surface area contributed by atoms with Crippen LogP contribution in [0.5, 0.6) is 0 Å². The fourth-order valence-corrected chi connectivity index (χ4v) is 17.9. The molecule has 2 aromatic heterocycles. The van der Waals surface area contributed by atoms with E-state index in [0.29, 0.717) is 11.1 Å². The Balaban J connectivity index is 1.29. The highest BCUT2D eigenvalue weighted by molar-refractivity contribution is 7.99. The molecule has 1 fully saturated rings. The van der Waals surface area contributed by atoms with Gasteiger partial charge in [0.15, 0.2) is 13.0 Å². The number of aromatic nitrogens is 2. The van der Waals surface area contributed by atoms with E-state index >= 15 is 0 Å². The van der Waals surface area contributed by atoms with Gasteiger partial charge in [-0.1, -0.05) is 183 Å². The first-order valence-electron chi connectivity index (χ1n) is 22.0. The SMILES string of the molecule is [2H]C([2H])([2H])c1ccc2c(nc3sc4ccccc4n32)c1-c1cc([Si](c2ccccc2)(c2ccccc2)c2cccc3c2Sc2ccccc2C3(C)C)ccc1C1([2H])CCCC1. The molecule has 5 heteroatoms. The highest BCUT2D eigenvalue weighted by atomic mass is 32.2. The summed E-state index contributed by atoms with van der Waals surface area (Å²) in [5, 5.41) is 4.94. The minimum absolute atomic E-state index is 0.238. The maximum absolute atomic E-state index is 10.1. The van der Waals surface area contributed by atoms with Crippen LogP contribution in [0, 0.1) is 6.85 Å². The molecule has 0 bridgehead atoms. The molecule has 7 aromatic carbocycles. The van der Waals surface area contributed by atoms with E-state index in [2.05, 4.69) is 152 Å². The molecular formula is C52H44N2S2Si. The van der Waals surface area contributed by atoms with Gasteiger partial charge in [-0.2, -0.15) is 0 Å². The van der Waals surface area contributed by atoms with Gasteiger partial charge in [-0.25, -0.2) is 4.98 Å². The van der Waals surface area contributed by atoms with Gasteiger partial charge in [0.25, 0.3) is 0 Å². The molecule has 0 saturated heterocycles. The Bertz CT molecular complexity index is 3130. The minimum Gasteiger partial charge on any atom is -0.283 e. The summed E-state index contributed by atoms with van der Waals surface area (Å²) in [5.74, 6) is -0.870. The lowest BCUT2D eigenvalue weighted by molar-refractivity contribution is 0.608. The number of fused-ring (bicyclic) bond motifs is 7. The molecule has 0 spiro atoms. The summed E-state index contributed by atoms with van der Waals surface area (Å²) >= 11 is 3.50. The summed E-state index contributed by atoms with van der Waals surface area (Å²) < 4.78 is 40.5. The Morgan fingerprint density at radius 1 is 0.702 bits per heavy atom. The van der Waals surface area contributed by atoms with Crippen LogP contribution in [0.4, 0.5) is 0 Å². The fraction of sp³-hybridized carbons (Fsp3) is 0.173. The molecule has 0 amide bonds. The van der Waals surface area contributed by atoms with Crippen LogP contribution in [0.15, 0.2) is 168 Å². The number of benzene rings is 7. The van der Waals surface area contributed by atoms with Crippen molar-refractivity contribution in [3.05, 3.63) is 180 Å². The second-order valence-electron chi connectivity index (χ2n) is 16.1. The highest BCUT2D eigenvalue weighted by Gasteiger charge is 2.46. The van der Waals surface area contributed by atoms with Gasteiger partial charge in [0.05, 0.1) is 21.3 Å². The average Bonchev–Trinajstić information content (AvgIpc) is 3.98. The highest BCUT2D eigenvalue weighted by Crippen LogP contribution is 2.49. The molecule has 0 atom stereocenters. The van der Waals surface area contributed by atoms with Gasteiger partial charge in [-0.3, -0.25) is 4.40 Å². The zero-order valence-corrected chi connectivity index (χ0v) is 34.7. The molecule has 1 saturated carbocycles. The predicted molar refractivity (Wildman–Crippen MR) is 246 cm³/mol. The van der Waals surface area contributed by atoms with Crippen molar-refractivity contribution in [2.45, 2.75) is 67.5 Å². The molecule has 1 aliphatic heterocycles. The molecule has 9 aromatic rings. The molecular weight excluding hydrogens is 745 g/mol. The third-order valence-corrected chi connectivity index (χ3v) is 19.9. The zero-order chi connectivity index (χ0) is 41.7. The molecule has 2 aliphatic rings. The van der Waals surface area contributed by atoms with Crippen molar-refractivity contribution in [1.82, 2.24) is 9.38 Å². The number of aryl methyl sites for hydroxylation is 1. The van der Waals surface area contributed by atoms with Gasteiger partial charge in [-0.05, 0) is 98.4 Å². The Labute approximate surface area is 349 Å². The third kappa shape index (κ3) is 5.25. The second-order valence-corrected chi connectivity index (χ2v) is 21.9. The van der Waals surface area contributed by atoms with Crippen molar-refractivity contribution < 1.29 is 5.48 Å². The minimum atomic E-state index is -3.25. The molecule has 2 nitrogen and oxygen atoms in total. The van der Waals surface area contributed by atoms with E-state index < -0.39 is 20.8 Å². The van der Waals surface area contributed by atoms with Crippen LogP contribution in [-0.4, -0.2) is 17.5 Å². The maximum Gasteiger partial charge on any atom is 0.195 e. The number of imidazole rings is 1. The van der Waals surface area contributed by atoms with E-state index in [1.54, 1.807) is 17.4 Å². The van der Waals surface area contributed by atoms with E-state index in [1.807, 2.05) is 30.0 Å². The monoisotopic (exact) mass is 792 g/mol. The Morgan fingerprint density at radius 3 is 2.18 bits per heavy atom. The van der Waals surface area contributed by atoms with E-state index in [1.165, 1.54) is 36.5 Å². The number of thiazole rings is 1. The van der Waals surface area contributed by atoms with Crippen LogP contribution in [0.3, 0.4) is 0 Å². The molecule has 0 radical (unpaired) electrons. The normalized spacial score (nSPS) is 17.2. The van der Waals surface area contributed by atoms with E-state index in [-0.39, 0.29) is 11.0 Å².